The molecule has 0 aliphatic carbocycles. The Balaban J connectivity index is 1.35. The highest BCUT2D eigenvalue weighted by molar-refractivity contribution is 5.99. The Bertz CT molecular complexity index is 1400. The van der Waals surface area contributed by atoms with Gasteiger partial charge in [-0.1, -0.05) is 105 Å². The van der Waals surface area contributed by atoms with Gasteiger partial charge in [-0.05, 0) is 86.1 Å². The Kier molecular flexibility index (Phi) is 6.03. The molecule has 32 heavy (non-hydrogen) atoms. The van der Waals surface area contributed by atoms with E-state index in [2.05, 4.69) is 110 Å². The van der Waals surface area contributed by atoms with Crippen molar-refractivity contribution in [2.45, 2.75) is 39.0 Å². The summed E-state index contributed by atoms with van der Waals surface area (Å²) in [6.07, 6.45) is 10.9. The van der Waals surface area contributed by atoms with Crippen LogP contribution in [0.3, 0.4) is 0 Å². The van der Waals surface area contributed by atoms with Crippen LogP contribution in [0.1, 0.15) is 49.3 Å². The lowest BCUT2D eigenvalue weighted by molar-refractivity contribution is 0.667. The molecule has 0 unspecified atom stereocenters. The van der Waals surface area contributed by atoms with Crippen LogP contribution in [-0.4, -0.2) is 0 Å². The number of benzene rings is 5. The number of hydrogen-bond donors (Lipinski definition) is 0. The van der Waals surface area contributed by atoms with Gasteiger partial charge in [0.05, 0.1) is 0 Å². The van der Waals surface area contributed by atoms with Crippen LogP contribution < -0.4 is 0 Å². The van der Waals surface area contributed by atoms with Crippen LogP contribution in [0.25, 0.3) is 44.5 Å². The Hall–Kier alpha value is -3.38. The number of hydrogen-bond acceptors (Lipinski definition) is 0. The predicted molar refractivity (Wildman–Crippen MR) is 142 cm³/mol. The van der Waals surface area contributed by atoms with Gasteiger partial charge in [-0.2, -0.15) is 0 Å². The molecule has 0 aliphatic rings. The van der Waals surface area contributed by atoms with Crippen LogP contribution in [0.2, 0.25) is 0 Å². The van der Waals surface area contributed by atoms with Crippen LogP contribution in [-0.2, 0) is 6.42 Å². The van der Waals surface area contributed by atoms with Crippen molar-refractivity contribution < 1.29 is 0 Å². The zero-order chi connectivity index (χ0) is 21.8. The fourth-order valence-electron chi connectivity index (χ4n) is 4.58. The van der Waals surface area contributed by atoms with Crippen LogP contribution in [0.15, 0.2) is 91.0 Å². The topological polar surface area (TPSA) is 0 Å². The highest BCUT2D eigenvalue weighted by atomic mass is 14.1. The molecule has 0 aromatic heterocycles. The monoisotopic (exact) mass is 414 g/mol. The molecule has 0 spiro atoms. The second kappa shape index (κ2) is 9.40. The van der Waals surface area contributed by atoms with E-state index >= 15 is 0 Å². The van der Waals surface area contributed by atoms with E-state index in [0.29, 0.717) is 0 Å². The van der Waals surface area contributed by atoms with Gasteiger partial charge < -0.3 is 0 Å². The normalized spacial score (nSPS) is 11.8. The highest BCUT2D eigenvalue weighted by Crippen LogP contribution is 2.25. The van der Waals surface area contributed by atoms with Gasteiger partial charge in [0.25, 0.3) is 0 Å². The van der Waals surface area contributed by atoms with Gasteiger partial charge in [-0.3, -0.25) is 0 Å². The second-order valence-corrected chi connectivity index (χ2v) is 8.89. The Morgan fingerprint density at radius 1 is 0.500 bits per heavy atom. The molecule has 5 aromatic carbocycles. The summed E-state index contributed by atoms with van der Waals surface area (Å²) in [7, 11) is 0. The number of rotatable bonds is 7. The maximum absolute atomic E-state index is 2.36. The molecule has 0 saturated carbocycles. The molecule has 0 nitrogen and oxygen atoms in total. The zero-order valence-electron chi connectivity index (χ0n) is 18.9. The molecule has 0 N–H and O–H groups in total. The SMILES string of the molecule is CCCCCCc1ccc2cc(C=Cc3ccc4cc5ccccc5cc4c3)ccc2c1. The van der Waals surface area contributed by atoms with E-state index in [1.54, 1.807) is 0 Å². The molecule has 0 aliphatic heterocycles. The van der Waals surface area contributed by atoms with Crippen molar-refractivity contribution in [3.63, 3.8) is 0 Å². The highest BCUT2D eigenvalue weighted by Gasteiger charge is 2.01. The smallest absolute Gasteiger partial charge is 0.0172 e. The third kappa shape index (κ3) is 4.60. The van der Waals surface area contributed by atoms with Gasteiger partial charge >= 0.3 is 0 Å². The van der Waals surface area contributed by atoms with Crippen LogP contribution in [0.5, 0.6) is 0 Å². The molecule has 0 heteroatoms. The molecular weight excluding hydrogens is 384 g/mol. The second-order valence-electron chi connectivity index (χ2n) is 8.89. The molecule has 0 amide bonds. The molecule has 5 aromatic rings. The van der Waals surface area contributed by atoms with E-state index in [0.717, 1.165) is 0 Å². The molecule has 5 rings (SSSR count). The third-order valence-electron chi connectivity index (χ3n) is 6.44. The quantitative estimate of drug-likeness (QED) is 0.141. The first-order valence-corrected chi connectivity index (χ1v) is 11.9. The van der Waals surface area contributed by atoms with E-state index in [4.69, 9.17) is 0 Å². The summed E-state index contributed by atoms with van der Waals surface area (Å²) < 4.78 is 0. The fourth-order valence-corrected chi connectivity index (χ4v) is 4.58. The minimum Gasteiger partial charge on any atom is -0.0654 e. The van der Waals surface area contributed by atoms with Crippen LogP contribution >= 0.6 is 0 Å². The van der Waals surface area contributed by atoms with E-state index in [1.165, 1.54) is 81.1 Å². The molecule has 0 bridgehead atoms. The number of fused-ring (bicyclic) bond motifs is 3. The van der Waals surface area contributed by atoms with Crippen molar-refractivity contribution in [2.75, 3.05) is 0 Å². The third-order valence-corrected chi connectivity index (χ3v) is 6.44. The maximum Gasteiger partial charge on any atom is -0.0172 e. The summed E-state index contributed by atoms with van der Waals surface area (Å²) in [5.41, 5.74) is 3.93. The van der Waals surface area contributed by atoms with Gasteiger partial charge in [0, 0.05) is 0 Å². The summed E-state index contributed by atoms with van der Waals surface area (Å²) >= 11 is 0. The van der Waals surface area contributed by atoms with Crippen molar-refractivity contribution in [3.05, 3.63) is 108 Å². The Morgan fingerprint density at radius 3 is 1.78 bits per heavy atom. The van der Waals surface area contributed by atoms with Gasteiger partial charge in [-0.25, -0.2) is 0 Å². The molecule has 0 atom stereocenters. The maximum atomic E-state index is 2.36. The number of unbranched alkanes of at least 4 members (excludes halogenated alkanes) is 3. The standard InChI is InChI=1S/C32H30/c1-2-3-4-5-8-24-13-16-30-20-25(14-17-29(30)19-24)11-12-26-15-18-31-22-27-9-6-7-10-28(27)23-32(31)21-26/h6-7,9-23H,2-5,8H2,1H3. The van der Waals surface area contributed by atoms with Crippen molar-refractivity contribution in [2.24, 2.45) is 0 Å². The van der Waals surface area contributed by atoms with Crippen molar-refractivity contribution >= 4 is 44.5 Å². The van der Waals surface area contributed by atoms with Gasteiger partial charge in [0.15, 0.2) is 0 Å². The first-order valence-electron chi connectivity index (χ1n) is 11.9. The van der Waals surface area contributed by atoms with Crippen molar-refractivity contribution in [3.8, 4) is 0 Å². The van der Waals surface area contributed by atoms with Gasteiger partial charge in [0.1, 0.15) is 0 Å². The fraction of sp³-hybridized carbons (Fsp3) is 0.188. The van der Waals surface area contributed by atoms with E-state index in [1.807, 2.05) is 0 Å². The molecule has 0 saturated heterocycles. The minimum absolute atomic E-state index is 1.19. The molecule has 0 radical (unpaired) electrons. The summed E-state index contributed by atoms with van der Waals surface area (Å²) in [4.78, 5) is 0. The van der Waals surface area contributed by atoms with Crippen LogP contribution in [0, 0.1) is 0 Å². The Morgan fingerprint density at radius 2 is 1.06 bits per heavy atom. The van der Waals surface area contributed by atoms with Gasteiger partial charge in [0.2, 0.25) is 0 Å². The largest absolute Gasteiger partial charge is 0.0654 e. The van der Waals surface area contributed by atoms with E-state index in [9.17, 15) is 0 Å². The average molecular weight is 415 g/mol. The molecular formula is C32H30. The van der Waals surface area contributed by atoms with Crippen LogP contribution in [0.4, 0.5) is 0 Å². The lowest BCUT2D eigenvalue weighted by atomic mass is 10.00. The summed E-state index contributed by atoms with van der Waals surface area (Å²) in [6.45, 7) is 2.27. The van der Waals surface area contributed by atoms with Crippen molar-refractivity contribution in [1.82, 2.24) is 0 Å². The van der Waals surface area contributed by atoms with E-state index < -0.39 is 0 Å². The number of aryl methyl sites for hydroxylation is 1. The first-order chi connectivity index (χ1) is 15.8. The summed E-state index contributed by atoms with van der Waals surface area (Å²) in [5, 5.41) is 7.82. The molecule has 158 valence electrons. The van der Waals surface area contributed by atoms with Crippen molar-refractivity contribution in [1.29, 1.82) is 0 Å². The predicted octanol–water partition coefficient (Wildman–Crippen LogP) is 9.44. The molecule has 0 fully saturated rings. The van der Waals surface area contributed by atoms with Gasteiger partial charge in [-0.15, -0.1) is 0 Å². The lowest BCUT2D eigenvalue weighted by Gasteiger charge is -2.05. The zero-order valence-corrected chi connectivity index (χ0v) is 18.9. The van der Waals surface area contributed by atoms with E-state index in [-0.39, 0.29) is 0 Å². The Labute approximate surface area is 191 Å². The first kappa shape index (κ1) is 20.5. The average Bonchev–Trinajstić information content (AvgIpc) is 2.84. The minimum atomic E-state index is 1.19. The summed E-state index contributed by atoms with van der Waals surface area (Å²) in [6, 6.07) is 33.6. The molecule has 0 heterocycles. The lowest BCUT2D eigenvalue weighted by Crippen LogP contribution is -1.86. The summed E-state index contributed by atoms with van der Waals surface area (Å²) in [5.74, 6) is 0.